The summed E-state index contributed by atoms with van der Waals surface area (Å²) >= 11 is 1.49. The molecule has 0 saturated heterocycles. The van der Waals surface area contributed by atoms with E-state index in [9.17, 15) is 4.79 Å². The molecule has 1 saturated carbocycles. The van der Waals surface area contributed by atoms with E-state index < -0.39 is 0 Å². The fraction of sp³-hybridized carbons (Fsp3) is 0.550. The van der Waals surface area contributed by atoms with Gasteiger partial charge in [0.25, 0.3) is 0 Å². The Balaban J connectivity index is 1.40. The van der Waals surface area contributed by atoms with Crippen molar-refractivity contribution >= 4 is 34.7 Å². The van der Waals surface area contributed by atoms with Crippen molar-refractivity contribution in [1.29, 1.82) is 0 Å². The fourth-order valence-corrected chi connectivity index (χ4v) is 4.96. The Bertz CT molecular complexity index is 747. The highest BCUT2D eigenvalue weighted by Crippen LogP contribution is 2.40. The summed E-state index contributed by atoms with van der Waals surface area (Å²) in [5.41, 5.74) is 2.21. The number of amides is 1. The van der Waals surface area contributed by atoms with Gasteiger partial charge in [-0.15, -0.1) is 0 Å². The Morgan fingerprint density at radius 3 is 3.04 bits per heavy atom. The number of hydrogen-bond acceptors (Lipinski definition) is 5. The minimum absolute atomic E-state index is 0.0993. The minimum atomic E-state index is 0.0993. The van der Waals surface area contributed by atoms with E-state index in [4.69, 9.17) is 4.99 Å². The summed E-state index contributed by atoms with van der Waals surface area (Å²) in [7, 11) is 0. The number of thioether (sulfide) groups is 1. The van der Waals surface area contributed by atoms with E-state index in [1.165, 1.54) is 30.2 Å². The van der Waals surface area contributed by atoms with Crippen LogP contribution in [0.3, 0.4) is 0 Å². The Morgan fingerprint density at radius 1 is 1.31 bits per heavy atom. The highest BCUT2D eigenvalue weighted by molar-refractivity contribution is 8.14. The molecule has 4 atom stereocenters. The molecule has 6 heteroatoms. The van der Waals surface area contributed by atoms with Crippen LogP contribution in [0.2, 0.25) is 0 Å². The van der Waals surface area contributed by atoms with Crippen molar-refractivity contribution in [3.8, 4) is 0 Å². The molecule has 0 unspecified atom stereocenters. The Kier molecular flexibility index (Phi) is 5.02. The molecule has 0 aromatic heterocycles. The molecule has 1 fully saturated rings. The normalized spacial score (nSPS) is 29.8. The monoisotopic (exact) mass is 370 g/mol. The minimum Gasteiger partial charge on any atom is -0.352 e. The number of rotatable bonds is 3. The van der Waals surface area contributed by atoms with Gasteiger partial charge in [0.2, 0.25) is 5.91 Å². The van der Waals surface area contributed by atoms with Crippen molar-refractivity contribution in [2.45, 2.75) is 51.6 Å². The third kappa shape index (κ3) is 3.39. The molecule has 1 aliphatic carbocycles. The highest BCUT2D eigenvalue weighted by Gasteiger charge is 2.33. The van der Waals surface area contributed by atoms with Gasteiger partial charge < -0.3 is 5.32 Å². The number of hydrazone groups is 1. The topological polar surface area (TPSA) is 57.1 Å². The van der Waals surface area contributed by atoms with E-state index in [0.29, 0.717) is 23.6 Å². The zero-order chi connectivity index (χ0) is 18.1. The van der Waals surface area contributed by atoms with E-state index in [1.54, 1.807) is 0 Å². The van der Waals surface area contributed by atoms with Crippen molar-refractivity contribution in [2.24, 2.45) is 21.9 Å². The quantitative estimate of drug-likeness (QED) is 0.872. The van der Waals surface area contributed by atoms with Gasteiger partial charge in [-0.3, -0.25) is 4.79 Å². The van der Waals surface area contributed by atoms with E-state index >= 15 is 0 Å². The van der Waals surface area contributed by atoms with Crippen LogP contribution in [0.15, 0.2) is 34.4 Å². The highest BCUT2D eigenvalue weighted by atomic mass is 32.2. The van der Waals surface area contributed by atoms with Crippen molar-refractivity contribution in [3.63, 3.8) is 0 Å². The van der Waals surface area contributed by atoms with Gasteiger partial charge in [0, 0.05) is 24.2 Å². The maximum atomic E-state index is 12.5. The number of aliphatic imine (C=N–C) groups is 1. The molecule has 1 aromatic carbocycles. The van der Waals surface area contributed by atoms with Gasteiger partial charge in [0.15, 0.2) is 5.17 Å². The molecule has 1 N–H and O–H groups in total. The van der Waals surface area contributed by atoms with Crippen LogP contribution in [-0.2, 0) is 4.79 Å². The van der Waals surface area contributed by atoms with Crippen LogP contribution in [0.1, 0.15) is 51.1 Å². The van der Waals surface area contributed by atoms with E-state index in [-0.39, 0.29) is 11.9 Å². The molecule has 138 valence electrons. The summed E-state index contributed by atoms with van der Waals surface area (Å²) < 4.78 is 0. The average Bonchev–Trinajstić information content (AvgIpc) is 3.14. The molecule has 3 aliphatic rings. The van der Waals surface area contributed by atoms with E-state index in [0.717, 1.165) is 23.7 Å². The van der Waals surface area contributed by atoms with Gasteiger partial charge in [-0.2, -0.15) is 5.10 Å². The smallest absolute Gasteiger partial charge is 0.230 e. The lowest BCUT2D eigenvalue weighted by atomic mass is 9.78. The van der Waals surface area contributed by atoms with Gasteiger partial charge in [-0.25, -0.2) is 10.0 Å². The summed E-state index contributed by atoms with van der Waals surface area (Å²) in [5.74, 6) is 1.71. The number of fused-ring (bicyclic) bond motifs is 3. The first kappa shape index (κ1) is 17.6. The van der Waals surface area contributed by atoms with Crippen molar-refractivity contribution in [3.05, 3.63) is 29.8 Å². The summed E-state index contributed by atoms with van der Waals surface area (Å²) in [6, 6.07) is 8.73. The summed E-state index contributed by atoms with van der Waals surface area (Å²) in [6.45, 7) is 4.55. The second-order valence-electron chi connectivity index (χ2n) is 7.58. The zero-order valence-electron chi connectivity index (χ0n) is 15.4. The number of para-hydroxylation sites is 1. The number of nitrogens with one attached hydrogen (secondary N) is 1. The third-order valence-corrected chi connectivity index (χ3v) is 6.87. The van der Waals surface area contributed by atoms with Crippen LogP contribution >= 0.6 is 11.8 Å². The van der Waals surface area contributed by atoms with E-state index in [2.05, 4.69) is 30.3 Å². The number of nitrogens with zero attached hydrogens (tertiary/aromatic N) is 3. The molecule has 2 aliphatic heterocycles. The maximum absolute atomic E-state index is 12.5. The van der Waals surface area contributed by atoms with Crippen LogP contribution in [0.5, 0.6) is 0 Å². The Morgan fingerprint density at radius 2 is 2.15 bits per heavy atom. The van der Waals surface area contributed by atoms with Crippen molar-refractivity contribution < 1.29 is 4.79 Å². The van der Waals surface area contributed by atoms with Crippen LogP contribution < -0.4 is 5.32 Å². The summed E-state index contributed by atoms with van der Waals surface area (Å²) in [4.78, 5) is 17.2. The summed E-state index contributed by atoms with van der Waals surface area (Å²) in [6.07, 6.45) is 6.40. The van der Waals surface area contributed by atoms with Crippen LogP contribution in [0.25, 0.3) is 0 Å². The molecule has 2 heterocycles. The van der Waals surface area contributed by atoms with Crippen LogP contribution in [0, 0.1) is 11.8 Å². The molecule has 5 nitrogen and oxygen atoms in total. The largest absolute Gasteiger partial charge is 0.352 e. The van der Waals surface area contributed by atoms with Gasteiger partial charge in [-0.1, -0.05) is 56.7 Å². The first-order valence-electron chi connectivity index (χ1n) is 9.55. The SMILES string of the molecule is C[C@@H]1[C@H](C)CCC[C@H]1NC(=O)CSC1=Nc2ccccc2[C@H]2CC=NN12. The molecular formula is C20H26N4OS. The van der Waals surface area contributed by atoms with E-state index in [1.807, 2.05) is 29.4 Å². The zero-order valence-corrected chi connectivity index (χ0v) is 16.2. The second kappa shape index (κ2) is 7.43. The lowest BCUT2D eigenvalue weighted by Gasteiger charge is -2.34. The Hall–Kier alpha value is -1.82. The first-order chi connectivity index (χ1) is 12.6. The van der Waals surface area contributed by atoms with Crippen molar-refractivity contribution in [1.82, 2.24) is 10.3 Å². The lowest BCUT2D eigenvalue weighted by molar-refractivity contribution is -0.119. The number of carbonyl (C=O) groups is 1. The predicted molar refractivity (Wildman–Crippen MR) is 108 cm³/mol. The predicted octanol–water partition coefficient (Wildman–Crippen LogP) is 4.09. The summed E-state index contributed by atoms with van der Waals surface area (Å²) in [5, 5.41) is 10.5. The fourth-order valence-electron chi connectivity index (χ4n) is 4.14. The number of carbonyl (C=O) groups excluding carboxylic acids is 1. The molecule has 0 radical (unpaired) electrons. The van der Waals surface area contributed by atoms with Crippen LogP contribution in [0.4, 0.5) is 5.69 Å². The first-order valence-corrected chi connectivity index (χ1v) is 10.5. The molecule has 0 bridgehead atoms. The lowest BCUT2D eigenvalue weighted by Crippen LogP contribution is -2.44. The van der Waals surface area contributed by atoms with Gasteiger partial charge >= 0.3 is 0 Å². The molecule has 1 amide bonds. The Labute approximate surface area is 159 Å². The van der Waals surface area contributed by atoms with Crippen molar-refractivity contribution in [2.75, 3.05) is 5.75 Å². The van der Waals surface area contributed by atoms with Crippen LogP contribution in [-0.4, -0.2) is 34.1 Å². The maximum Gasteiger partial charge on any atom is 0.230 e. The second-order valence-corrected chi connectivity index (χ2v) is 8.52. The number of amidine groups is 1. The molecule has 0 spiro atoms. The van der Waals surface area contributed by atoms with Gasteiger partial charge in [-0.05, 0) is 24.3 Å². The third-order valence-electron chi connectivity index (χ3n) is 5.92. The average molecular weight is 371 g/mol. The molecule has 4 rings (SSSR count). The standard InChI is InChI=1S/C20H26N4OS/c1-13-6-5-9-16(14(13)2)22-19(25)12-26-20-23-17-8-4-3-7-15(17)18-10-11-21-24(18)20/h3-4,7-8,11,13-14,16,18H,5-6,9-10,12H2,1-2H3,(H,22,25)/t13-,14-,16-,18-/m1/s1. The molecule has 1 aromatic rings. The number of hydrogen-bond donors (Lipinski definition) is 1. The molecule has 26 heavy (non-hydrogen) atoms. The molecular weight excluding hydrogens is 344 g/mol. The van der Waals surface area contributed by atoms with Gasteiger partial charge in [0.1, 0.15) is 0 Å². The van der Waals surface area contributed by atoms with Gasteiger partial charge in [0.05, 0.1) is 17.5 Å². The number of benzene rings is 1.